The molecule has 0 unspecified atom stereocenters. The molecule has 0 aliphatic rings. The van der Waals surface area contributed by atoms with E-state index < -0.39 is 0 Å². The third kappa shape index (κ3) is 43.5. The van der Waals surface area contributed by atoms with E-state index in [0.29, 0.717) is 0 Å². The zero-order chi connectivity index (χ0) is 40.6. The van der Waals surface area contributed by atoms with Crippen LogP contribution in [0.2, 0.25) is 0 Å². The first-order chi connectivity index (χ1) is 27.7. The number of nitrogens with zero attached hydrogens (tertiary/aromatic N) is 1. The number of unbranched alkanes of at least 4 members (excludes halogenated alkanes) is 43. The van der Waals surface area contributed by atoms with Crippen molar-refractivity contribution in [1.82, 2.24) is 0 Å². The van der Waals surface area contributed by atoms with E-state index in [4.69, 9.17) is 0 Å². The summed E-state index contributed by atoms with van der Waals surface area (Å²) in [5.74, 6) is 0. The molecule has 1 heteroatoms. The van der Waals surface area contributed by atoms with Crippen LogP contribution < -0.4 is 0 Å². The van der Waals surface area contributed by atoms with Gasteiger partial charge in [0.1, 0.15) is 0 Å². The Morgan fingerprint density at radius 3 is 0.375 bits per heavy atom. The molecule has 0 saturated heterocycles. The van der Waals surface area contributed by atoms with Crippen LogP contribution in [0.4, 0.5) is 0 Å². The second-order valence-corrected chi connectivity index (χ2v) is 19.4. The number of quaternary nitrogens is 1. The molecule has 0 spiro atoms. The summed E-state index contributed by atoms with van der Waals surface area (Å²) >= 11 is 0. The third-order valence-corrected chi connectivity index (χ3v) is 13.7. The number of hydrogen-bond acceptors (Lipinski definition) is 0. The van der Waals surface area contributed by atoms with Gasteiger partial charge in [0.2, 0.25) is 0 Å². The quantitative estimate of drug-likeness (QED) is 0.0425. The first kappa shape index (κ1) is 56.0. The molecule has 0 N–H and O–H groups in total. The largest absolute Gasteiger partial charge is 0.324 e. The Bertz CT molecular complexity index is 606. The summed E-state index contributed by atoms with van der Waals surface area (Å²) in [5, 5.41) is 0. The van der Waals surface area contributed by atoms with E-state index in [2.05, 4.69) is 27.7 Å². The maximum Gasteiger partial charge on any atom is 0.0786 e. The molecule has 0 rings (SSSR count). The molecule has 0 aromatic carbocycles. The molecule has 0 bridgehead atoms. The number of rotatable bonds is 51. The smallest absolute Gasteiger partial charge is 0.0786 e. The Balaban J connectivity index is 4.88. The molecule has 0 amide bonds. The highest BCUT2D eigenvalue weighted by Crippen LogP contribution is 2.22. The van der Waals surface area contributed by atoms with Gasteiger partial charge in [0.25, 0.3) is 0 Å². The molecule has 0 atom stereocenters. The molecule has 0 saturated carbocycles. The summed E-state index contributed by atoms with van der Waals surface area (Å²) < 4.78 is 1.49. The molecule has 56 heavy (non-hydrogen) atoms. The molecule has 0 aromatic heterocycles. The fraction of sp³-hybridized carbons (Fsp3) is 1.00. The Hall–Kier alpha value is -0.0400. The SMILES string of the molecule is CCCCCCCCCCCCCCCC[N+](CCCCCCCCCCCCC)(CCCCCCCCCCCCC)CCCCCCCCCCCCC. The van der Waals surface area contributed by atoms with E-state index in [-0.39, 0.29) is 0 Å². The van der Waals surface area contributed by atoms with Crippen LogP contribution in [0.25, 0.3) is 0 Å². The average Bonchev–Trinajstić information content (AvgIpc) is 3.21. The monoisotopic (exact) mass is 789 g/mol. The molecule has 0 fully saturated rings. The molecular weight excluding hydrogens is 675 g/mol. The Morgan fingerprint density at radius 2 is 0.250 bits per heavy atom. The normalized spacial score (nSPS) is 12.0. The van der Waals surface area contributed by atoms with Crippen LogP contribution >= 0.6 is 0 Å². The van der Waals surface area contributed by atoms with Crippen molar-refractivity contribution in [3.63, 3.8) is 0 Å². The van der Waals surface area contributed by atoms with E-state index in [9.17, 15) is 0 Å². The minimum absolute atomic E-state index is 1.37. The van der Waals surface area contributed by atoms with Crippen molar-refractivity contribution in [3.05, 3.63) is 0 Å². The van der Waals surface area contributed by atoms with Crippen molar-refractivity contribution in [3.8, 4) is 0 Å². The summed E-state index contributed by atoms with van der Waals surface area (Å²) in [6, 6.07) is 0. The van der Waals surface area contributed by atoms with Gasteiger partial charge < -0.3 is 4.48 Å². The predicted molar refractivity (Wildman–Crippen MR) is 259 cm³/mol. The van der Waals surface area contributed by atoms with E-state index >= 15 is 0 Å². The Labute approximate surface area is 358 Å². The van der Waals surface area contributed by atoms with Gasteiger partial charge in [-0.05, 0) is 51.4 Å². The lowest BCUT2D eigenvalue weighted by molar-refractivity contribution is -0.929. The minimum atomic E-state index is 1.37. The standard InChI is InChI=1S/C55H114N/c1-5-9-13-17-21-25-29-30-31-35-39-43-47-51-55-56(52-48-44-40-36-32-26-22-18-14-10-6-2,53-49-45-41-37-33-27-23-19-15-11-7-3)54-50-46-42-38-34-28-24-20-16-12-8-4/h5-55H2,1-4H3/q+1. The highest BCUT2D eigenvalue weighted by Gasteiger charge is 2.25. The second-order valence-electron chi connectivity index (χ2n) is 19.4. The maximum atomic E-state index is 2.34. The molecule has 0 heterocycles. The number of hydrogen-bond donors (Lipinski definition) is 0. The third-order valence-electron chi connectivity index (χ3n) is 13.7. The fourth-order valence-corrected chi connectivity index (χ4v) is 9.65. The van der Waals surface area contributed by atoms with E-state index in [1.54, 1.807) is 0 Å². The average molecular weight is 790 g/mol. The van der Waals surface area contributed by atoms with Gasteiger partial charge in [0.15, 0.2) is 0 Å². The molecule has 0 aliphatic carbocycles. The molecular formula is C55H114N+. The summed E-state index contributed by atoms with van der Waals surface area (Å²) in [5.41, 5.74) is 0. The second kappa shape index (κ2) is 49.3. The van der Waals surface area contributed by atoms with Crippen molar-refractivity contribution in [2.75, 3.05) is 26.2 Å². The van der Waals surface area contributed by atoms with Gasteiger partial charge in [0, 0.05) is 0 Å². The highest BCUT2D eigenvalue weighted by molar-refractivity contribution is 4.57. The predicted octanol–water partition coefficient (Wildman–Crippen LogP) is 20.2. The van der Waals surface area contributed by atoms with Crippen LogP contribution in [-0.4, -0.2) is 30.7 Å². The van der Waals surface area contributed by atoms with Crippen LogP contribution in [0.1, 0.15) is 329 Å². The molecule has 0 radical (unpaired) electrons. The molecule has 338 valence electrons. The zero-order valence-corrected chi connectivity index (χ0v) is 40.5. The summed E-state index contributed by atoms with van der Waals surface area (Å²) in [6.45, 7) is 15.3. The van der Waals surface area contributed by atoms with Gasteiger partial charge in [-0.3, -0.25) is 0 Å². The van der Waals surface area contributed by atoms with Crippen molar-refractivity contribution in [2.24, 2.45) is 0 Å². The van der Waals surface area contributed by atoms with Crippen LogP contribution in [0.3, 0.4) is 0 Å². The van der Waals surface area contributed by atoms with Gasteiger partial charge >= 0.3 is 0 Å². The maximum absolute atomic E-state index is 2.34. The van der Waals surface area contributed by atoms with Crippen LogP contribution in [0.15, 0.2) is 0 Å². The summed E-state index contributed by atoms with van der Waals surface area (Å²) in [6.07, 6.45) is 69.2. The van der Waals surface area contributed by atoms with E-state index in [1.165, 1.54) is 332 Å². The minimum Gasteiger partial charge on any atom is -0.324 e. The topological polar surface area (TPSA) is 0 Å². The summed E-state index contributed by atoms with van der Waals surface area (Å²) in [7, 11) is 0. The van der Waals surface area contributed by atoms with Crippen LogP contribution in [0.5, 0.6) is 0 Å². The van der Waals surface area contributed by atoms with Crippen LogP contribution in [-0.2, 0) is 0 Å². The van der Waals surface area contributed by atoms with Crippen molar-refractivity contribution in [1.29, 1.82) is 0 Å². The van der Waals surface area contributed by atoms with Gasteiger partial charge in [0.05, 0.1) is 26.2 Å². The lowest BCUT2D eigenvalue weighted by Gasteiger charge is -2.40. The first-order valence-electron chi connectivity index (χ1n) is 27.6. The zero-order valence-electron chi connectivity index (χ0n) is 40.5. The van der Waals surface area contributed by atoms with Crippen LogP contribution in [0, 0.1) is 0 Å². The van der Waals surface area contributed by atoms with Gasteiger partial charge in [-0.25, -0.2) is 0 Å². The molecule has 0 aliphatic heterocycles. The molecule has 1 nitrogen and oxygen atoms in total. The van der Waals surface area contributed by atoms with Gasteiger partial charge in [-0.2, -0.15) is 0 Å². The fourth-order valence-electron chi connectivity index (χ4n) is 9.65. The van der Waals surface area contributed by atoms with E-state index in [1.807, 2.05) is 0 Å². The van der Waals surface area contributed by atoms with Gasteiger partial charge in [-0.15, -0.1) is 0 Å². The highest BCUT2D eigenvalue weighted by atomic mass is 15.3. The summed E-state index contributed by atoms with van der Waals surface area (Å²) in [4.78, 5) is 0. The first-order valence-corrected chi connectivity index (χ1v) is 27.6. The van der Waals surface area contributed by atoms with E-state index in [0.717, 1.165) is 0 Å². The lowest BCUT2D eigenvalue weighted by Crippen LogP contribution is -2.50. The van der Waals surface area contributed by atoms with Crippen molar-refractivity contribution < 1.29 is 4.48 Å². The van der Waals surface area contributed by atoms with Crippen molar-refractivity contribution in [2.45, 2.75) is 329 Å². The Morgan fingerprint density at radius 1 is 0.143 bits per heavy atom. The van der Waals surface area contributed by atoms with Gasteiger partial charge in [-0.1, -0.05) is 278 Å². The molecule has 0 aromatic rings. The van der Waals surface area contributed by atoms with Crippen molar-refractivity contribution >= 4 is 0 Å². The Kier molecular flexibility index (Phi) is 49.3. The lowest BCUT2D eigenvalue weighted by atomic mass is 10.0.